The summed E-state index contributed by atoms with van der Waals surface area (Å²) in [5, 5.41) is 2.84. The Hall–Kier alpha value is -1.64. The first-order valence-electron chi connectivity index (χ1n) is 4.98. The van der Waals surface area contributed by atoms with E-state index >= 15 is 0 Å². The average molecular weight is 205 g/mol. The van der Waals surface area contributed by atoms with Gasteiger partial charge in [0.15, 0.2) is 0 Å². The lowest BCUT2D eigenvalue weighted by molar-refractivity contribution is -0.116. The molecule has 2 rings (SSSR count). The van der Waals surface area contributed by atoms with Gasteiger partial charge in [0.1, 0.15) is 5.82 Å². The van der Waals surface area contributed by atoms with E-state index in [1.165, 1.54) is 18.2 Å². The normalized spacial score (nSPS) is 15.5. The molecule has 0 saturated heterocycles. The van der Waals surface area contributed by atoms with Crippen LogP contribution in [-0.2, 0) is 4.79 Å². The zero-order valence-corrected chi connectivity index (χ0v) is 8.24. The van der Waals surface area contributed by atoms with Crippen LogP contribution in [0.15, 0.2) is 30.3 Å². The molecule has 0 unspecified atom stereocenters. The Kier molecular flexibility index (Phi) is 2.81. The third-order valence-electron chi connectivity index (χ3n) is 2.22. The number of carbonyl (C=O) groups excluding carboxylic acids is 1. The smallest absolute Gasteiger partial charge is 0.244 e. The monoisotopic (exact) mass is 205 g/mol. The summed E-state index contributed by atoms with van der Waals surface area (Å²) in [6.45, 7) is 0. The van der Waals surface area contributed by atoms with Gasteiger partial charge in [0.05, 0.1) is 0 Å². The van der Waals surface area contributed by atoms with E-state index in [4.69, 9.17) is 0 Å². The highest BCUT2D eigenvalue weighted by atomic mass is 19.1. The summed E-state index contributed by atoms with van der Waals surface area (Å²) in [6, 6.07) is 6.39. The minimum absolute atomic E-state index is 0.0816. The standard InChI is InChI=1S/C12H12FNO/c13-10-4-1-9(2-5-10)3-8-12(15)14-11-6-7-11/h1-5,8,11H,6-7H2,(H,14,15). The second kappa shape index (κ2) is 4.26. The van der Waals surface area contributed by atoms with Gasteiger partial charge in [-0.05, 0) is 36.6 Å². The molecule has 1 aliphatic rings. The van der Waals surface area contributed by atoms with E-state index in [0.717, 1.165) is 18.4 Å². The van der Waals surface area contributed by atoms with Crippen molar-refractivity contribution in [3.63, 3.8) is 0 Å². The molecule has 0 heterocycles. The van der Waals surface area contributed by atoms with Crippen LogP contribution in [0.25, 0.3) is 6.08 Å². The van der Waals surface area contributed by atoms with E-state index in [1.54, 1.807) is 18.2 Å². The van der Waals surface area contributed by atoms with Crippen LogP contribution < -0.4 is 5.32 Å². The maximum absolute atomic E-state index is 12.6. The third kappa shape index (κ3) is 3.20. The van der Waals surface area contributed by atoms with E-state index in [1.807, 2.05) is 0 Å². The quantitative estimate of drug-likeness (QED) is 0.752. The highest BCUT2D eigenvalue weighted by molar-refractivity contribution is 5.92. The Labute approximate surface area is 87.8 Å². The van der Waals surface area contributed by atoms with Gasteiger partial charge in [-0.3, -0.25) is 4.79 Å². The van der Waals surface area contributed by atoms with Crippen LogP contribution in [0.3, 0.4) is 0 Å². The second-order valence-corrected chi connectivity index (χ2v) is 3.67. The molecular formula is C12H12FNO. The summed E-state index contributed by atoms with van der Waals surface area (Å²) in [6.07, 6.45) is 5.31. The fraction of sp³-hybridized carbons (Fsp3) is 0.250. The molecule has 1 fully saturated rings. The molecule has 0 bridgehead atoms. The van der Waals surface area contributed by atoms with Crippen LogP contribution >= 0.6 is 0 Å². The third-order valence-corrected chi connectivity index (χ3v) is 2.22. The summed E-state index contributed by atoms with van der Waals surface area (Å²) in [4.78, 5) is 11.3. The predicted octanol–water partition coefficient (Wildman–Crippen LogP) is 2.12. The van der Waals surface area contributed by atoms with Crippen molar-refractivity contribution in [2.24, 2.45) is 0 Å². The average Bonchev–Trinajstić information content (AvgIpc) is 3.01. The largest absolute Gasteiger partial charge is 0.350 e. The van der Waals surface area contributed by atoms with Crippen LogP contribution in [0.5, 0.6) is 0 Å². The maximum Gasteiger partial charge on any atom is 0.244 e. The highest BCUT2D eigenvalue weighted by Gasteiger charge is 2.21. The molecule has 0 atom stereocenters. The zero-order chi connectivity index (χ0) is 10.7. The topological polar surface area (TPSA) is 29.1 Å². The van der Waals surface area contributed by atoms with Crippen molar-refractivity contribution < 1.29 is 9.18 Å². The molecule has 1 saturated carbocycles. The first-order chi connectivity index (χ1) is 7.24. The summed E-state index contributed by atoms with van der Waals surface area (Å²) in [7, 11) is 0. The lowest BCUT2D eigenvalue weighted by atomic mass is 10.2. The first-order valence-corrected chi connectivity index (χ1v) is 4.98. The van der Waals surface area contributed by atoms with Crippen molar-refractivity contribution in [3.05, 3.63) is 41.7 Å². The van der Waals surface area contributed by atoms with E-state index in [2.05, 4.69) is 5.32 Å². The van der Waals surface area contributed by atoms with Crippen molar-refractivity contribution >= 4 is 12.0 Å². The molecular weight excluding hydrogens is 193 g/mol. The Morgan fingerprint density at radius 2 is 2.00 bits per heavy atom. The molecule has 2 nitrogen and oxygen atoms in total. The summed E-state index contributed by atoms with van der Waals surface area (Å²) >= 11 is 0. The van der Waals surface area contributed by atoms with Crippen molar-refractivity contribution in [3.8, 4) is 0 Å². The summed E-state index contributed by atoms with van der Waals surface area (Å²) in [5.41, 5.74) is 0.822. The van der Waals surface area contributed by atoms with Crippen LogP contribution in [0.2, 0.25) is 0 Å². The molecule has 1 aromatic rings. The molecule has 3 heteroatoms. The Bertz CT molecular complexity index is 379. The molecule has 0 radical (unpaired) electrons. The number of benzene rings is 1. The zero-order valence-electron chi connectivity index (χ0n) is 8.24. The Morgan fingerprint density at radius 3 is 2.60 bits per heavy atom. The van der Waals surface area contributed by atoms with Gasteiger partial charge in [0, 0.05) is 12.1 Å². The minimum Gasteiger partial charge on any atom is -0.350 e. The molecule has 0 spiro atoms. The van der Waals surface area contributed by atoms with E-state index < -0.39 is 0 Å². The van der Waals surface area contributed by atoms with Gasteiger partial charge in [-0.1, -0.05) is 12.1 Å². The highest BCUT2D eigenvalue weighted by Crippen LogP contribution is 2.18. The molecule has 1 aromatic carbocycles. The molecule has 1 amide bonds. The van der Waals surface area contributed by atoms with E-state index in [9.17, 15) is 9.18 Å². The van der Waals surface area contributed by atoms with Gasteiger partial charge in [-0.2, -0.15) is 0 Å². The molecule has 15 heavy (non-hydrogen) atoms. The van der Waals surface area contributed by atoms with E-state index in [0.29, 0.717) is 6.04 Å². The first kappa shape index (κ1) is 9.90. The summed E-state index contributed by atoms with van der Waals surface area (Å²) < 4.78 is 12.6. The lowest BCUT2D eigenvalue weighted by Gasteiger charge is -1.96. The summed E-state index contributed by atoms with van der Waals surface area (Å²) in [5.74, 6) is -0.351. The number of amides is 1. The van der Waals surface area contributed by atoms with Crippen molar-refractivity contribution in [1.82, 2.24) is 5.32 Å². The minimum atomic E-state index is -0.269. The van der Waals surface area contributed by atoms with Gasteiger partial charge in [-0.15, -0.1) is 0 Å². The maximum atomic E-state index is 12.6. The van der Waals surface area contributed by atoms with E-state index in [-0.39, 0.29) is 11.7 Å². The molecule has 1 aliphatic carbocycles. The van der Waals surface area contributed by atoms with Gasteiger partial charge in [0.25, 0.3) is 0 Å². The van der Waals surface area contributed by atoms with Crippen LogP contribution in [0.4, 0.5) is 4.39 Å². The van der Waals surface area contributed by atoms with Gasteiger partial charge < -0.3 is 5.32 Å². The number of carbonyl (C=O) groups is 1. The van der Waals surface area contributed by atoms with Gasteiger partial charge in [0.2, 0.25) is 5.91 Å². The number of halogens is 1. The van der Waals surface area contributed by atoms with Crippen molar-refractivity contribution in [1.29, 1.82) is 0 Å². The Morgan fingerprint density at radius 1 is 1.33 bits per heavy atom. The van der Waals surface area contributed by atoms with Crippen LogP contribution in [0, 0.1) is 5.82 Å². The number of hydrogen-bond acceptors (Lipinski definition) is 1. The van der Waals surface area contributed by atoms with Crippen LogP contribution in [-0.4, -0.2) is 11.9 Å². The van der Waals surface area contributed by atoms with Gasteiger partial charge >= 0.3 is 0 Å². The predicted molar refractivity (Wildman–Crippen MR) is 56.6 cm³/mol. The fourth-order valence-electron chi connectivity index (χ4n) is 1.22. The van der Waals surface area contributed by atoms with Crippen LogP contribution in [0.1, 0.15) is 18.4 Å². The van der Waals surface area contributed by atoms with Crippen molar-refractivity contribution in [2.75, 3.05) is 0 Å². The van der Waals surface area contributed by atoms with Gasteiger partial charge in [-0.25, -0.2) is 4.39 Å². The van der Waals surface area contributed by atoms with Crippen molar-refractivity contribution in [2.45, 2.75) is 18.9 Å². The molecule has 1 N–H and O–H groups in total. The number of rotatable bonds is 3. The molecule has 0 aromatic heterocycles. The second-order valence-electron chi connectivity index (χ2n) is 3.67. The molecule has 0 aliphatic heterocycles. The molecule has 78 valence electrons. The lowest BCUT2D eigenvalue weighted by Crippen LogP contribution is -2.22. The fourth-order valence-corrected chi connectivity index (χ4v) is 1.22. The number of hydrogen-bond donors (Lipinski definition) is 1. The Balaban J connectivity index is 1.91. The SMILES string of the molecule is O=C(C=Cc1ccc(F)cc1)NC1CC1. The number of nitrogens with one attached hydrogen (secondary N) is 1.